The number of rotatable bonds is 7. The highest BCUT2D eigenvalue weighted by molar-refractivity contribution is 5.21. The predicted molar refractivity (Wildman–Crippen MR) is 63.2 cm³/mol. The Balaban J connectivity index is 1.93. The van der Waals surface area contributed by atoms with Crippen LogP contribution in [0.3, 0.4) is 0 Å². The molecule has 80 valence electrons. The van der Waals surface area contributed by atoms with Crippen LogP contribution < -0.4 is 5.32 Å². The molecule has 0 radical (unpaired) electrons. The molecule has 0 aliphatic carbocycles. The van der Waals surface area contributed by atoms with Crippen LogP contribution in [-0.4, -0.2) is 6.54 Å². The maximum absolute atomic E-state index is 3.18. The molecule has 1 rings (SSSR count). The first-order valence-corrected chi connectivity index (χ1v) is 6.02. The fourth-order valence-electron chi connectivity index (χ4n) is 1.79. The molecule has 1 N–H and O–H groups in total. The SMILES string of the molecule is CCCCCCCCC1=CCNC=C1. The lowest BCUT2D eigenvalue weighted by Gasteiger charge is -2.07. The second kappa shape index (κ2) is 7.66. The third-order valence-corrected chi connectivity index (χ3v) is 2.72. The molecule has 0 amide bonds. The fourth-order valence-corrected chi connectivity index (χ4v) is 1.79. The molecular weight excluding hydrogens is 170 g/mol. The minimum Gasteiger partial charge on any atom is -0.387 e. The van der Waals surface area contributed by atoms with Crippen LogP contribution in [0.15, 0.2) is 23.9 Å². The molecule has 0 bridgehead atoms. The summed E-state index contributed by atoms with van der Waals surface area (Å²) >= 11 is 0. The van der Waals surface area contributed by atoms with Gasteiger partial charge in [-0.05, 0) is 30.7 Å². The van der Waals surface area contributed by atoms with Gasteiger partial charge < -0.3 is 5.32 Å². The highest BCUT2D eigenvalue weighted by Gasteiger charge is 1.96. The molecule has 1 nitrogen and oxygen atoms in total. The lowest BCUT2D eigenvalue weighted by atomic mass is 10.0. The normalized spacial score (nSPS) is 15.1. The summed E-state index contributed by atoms with van der Waals surface area (Å²) in [4.78, 5) is 0. The Morgan fingerprint density at radius 2 is 1.93 bits per heavy atom. The number of dihydropyridines is 1. The van der Waals surface area contributed by atoms with Crippen molar-refractivity contribution < 1.29 is 0 Å². The van der Waals surface area contributed by atoms with Crippen LogP contribution in [0.25, 0.3) is 0 Å². The Hall–Kier alpha value is -0.720. The van der Waals surface area contributed by atoms with Gasteiger partial charge in [-0.3, -0.25) is 0 Å². The minimum atomic E-state index is 1.02. The number of hydrogen-bond donors (Lipinski definition) is 1. The third-order valence-electron chi connectivity index (χ3n) is 2.72. The van der Waals surface area contributed by atoms with Gasteiger partial charge >= 0.3 is 0 Å². The van der Waals surface area contributed by atoms with Crippen LogP contribution in [0.1, 0.15) is 51.9 Å². The van der Waals surface area contributed by atoms with Crippen LogP contribution in [-0.2, 0) is 0 Å². The van der Waals surface area contributed by atoms with E-state index in [0.717, 1.165) is 6.54 Å². The molecule has 1 aliphatic heterocycles. The molecule has 1 aliphatic rings. The summed E-state index contributed by atoms with van der Waals surface area (Å²) in [6.07, 6.45) is 16.2. The largest absolute Gasteiger partial charge is 0.387 e. The highest BCUT2D eigenvalue weighted by Crippen LogP contribution is 2.13. The van der Waals surface area contributed by atoms with Crippen LogP contribution >= 0.6 is 0 Å². The molecule has 0 aromatic rings. The van der Waals surface area contributed by atoms with E-state index >= 15 is 0 Å². The van der Waals surface area contributed by atoms with E-state index in [9.17, 15) is 0 Å². The van der Waals surface area contributed by atoms with Crippen LogP contribution in [0.5, 0.6) is 0 Å². The van der Waals surface area contributed by atoms with Crippen LogP contribution in [0, 0.1) is 0 Å². The molecule has 0 aromatic carbocycles. The van der Waals surface area contributed by atoms with E-state index in [1.807, 2.05) is 0 Å². The number of nitrogens with one attached hydrogen (secondary N) is 1. The monoisotopic (exact) mass is 193 g/mol. The quantitative estimate of drug-likeness (QED) is 0.607. The van der Waals surface area contributed by atoms with Crippen molar-refractivity contribution in [2.45, 2.75) is 51.9 Å². The van der Waals surface area contributed by atoms with Crippen molar-refractivity contribution in [1.82, 2.24) is 5.32 Å². The van der Waals surface area contributed by atoms with Crippen molar-refractivity contribution >= 4 is 0 Å². The Morgan fingerprint density at radius 1 is 1.14 bits per heavy atom. The average molecular weight is 193 g/mol. The number of unbranched alkanes of at least 4 members (excludes halogenated alkanes) is 5. The minimum absolute atomic E-state index is 1.02. The summed E-state index contributed by atoms with van der Waals surface area (Å²) in [5.74, 6) is 0. The Kier molecular flexibility index (Phi) is 6.21. The van der Waals surface area contributed by atoms with Crippen molar-refractivity contribution in [2.75, 3.05) is 6.54 Å². The smallest absolute Gasteiger partial charge is 0.0330 e. The molecule has 0 spiro atoms. The molecule has 1 heterocycles. The molecule has 0 fully saturated rings. The second-order valence-electron chi connectivity index (χ2n) is 4.04. The summed E-state index contributed by atoms with van der Waals surface area (Å²) in [6, 6.07) is 0. The maximum Gasteiger partial charge on any atom is 0.0330 e. The van der Waals surface area contributed by atoms with Gasteiger partial charge in [0, 0.05) is 6.54 Å². The molecular formula is C13H23N. The standard InChI is InChI=1S/C13H23N/c1-2-3-4-5-6-7-8-13-9-11-14-12-10-13/h9-11,14H,2-8,12H2,1H3. The molecule has 1 heteroatoms. The van der Waals surface area contributed by atoms with E-state index in [4.69, 9.17) is 0 Å². The van der Waals surface area contributed by atoms with Crippen LogP contribution in [0.4, 0.5) is 0 Å². The van der Waals surface area contributed by atoms with Crippen molar-refractivity contribution in [3.8, 4) is 0 Å². The molecule has 0 saturated carbocycles. The van der Waals surface area contributed by atoms with Gasteiger partial charge in [-0.2, -0.15) is 0 Å². The lowest BCUT2D eigenvalue weighted by molar-refractivity contribution is 0.607. The van der Waals surface area contributed by atoms with E-state index in [0.29, 0.717) is 0 Å². The van der Waals surface area contributed by atoms with Gasteiger partial charge in [-0.25, -0.2) is 0 Å². The van der Waals surface area contributed by atoms with Gasteiger partial charge in [-0.15, -0.1) is 0 Å². The predicted octanol–water partition coefficient (Wildman–Crippen LogP) is 3.78. The molecule has 14 heavy (non-hydrogen) atoms. The van der Waals surface area contributed by atoms with Crippen molar-refractivity contribution in [3.63, 3.8) is 0 Å². The average Bonchev–Trinajstić information content (AvgIpc) is 2.25. The Morgan fingerprint density at radius 3 is 2.64 bits per heavy atom. The Bertz CT molecular complexity index is 191. The van der Waals surface area contributed by atoms with Crippen molar-refractivity contribution in [3.05, 3.63) is 23.9 Å². The van der Waals surface area contributed by atoms with Gasteiger partial charge in [0.1, 0.15) is 0 Å². The van der Waals surface area contributed by atoms with Gasteiger partial charge in [0.05, 0.1) is 0 Å². The van der Waals surface area contributed by atoms with E-state index in [-0.39, 0.29) is 0 Å². The van der Waals surface area contributed by atoms with Crippen LogP contribution in [0.2, 0.25) is 0 Å². The second-order valence-corrected chi connectivity index (χ2v) is 4.04. The topological polar surface area (TPSA) is 12.0 Å². The van der Waals surface area contributed by atoms with Crippen molar-refractivity contribution in [1.29, 1.82) is 0 Å². The van der Waals surface area contributed by atoms with E-state index in [1.165, 1.54) is 50.5 Å². The first-order chi connectivity index (χ1) is 6.93. The fraction of sp³-hybridized carbons (Fsp3) is 0.692. The van der Waals surface area contributed by atoms with E-state index < -0.39 is 0 Å². The van der Waals surface area contributed by atoms with Gasteiger partial charge in [0.2, 0.25) is 0 Å². The lowest BCUT2D eigenvalue weighted by Crippen LogP contribution is -2.08. The maximum atomic E-state index is 3.18. The molecule has 0 unspecified atom stereocenters. The zero-order chi connectivity index (χ0) is 10.1. The summed E-state index contributed by atoms with van der Waals surface area (Å²) in [6.45, 7) is 3.28. The first kappa shape index (κ1) is 11.4. The first-order valence-electron chi connectivity index (χ1n) is 6.02. The summed E-state index contributed by atoms with van der Waals surface area (Å²) in [5, 5.41) is 3.18. The highest BCUT2D eigenvalue weighted by atomic mass is 14.8. The summed E-state index contributed by atoms with van der Waals surface area (Å²) in [5.41, 5.74) is 1.51. The van der Waals surface area contributed by atoms with E-state index in [1.54, 1.807) is 0 Å². The number of allylic oxidation sites excluding steroid dienone is 2. The van der Waals surface area contributed by atoms with E-state index in [2.05, 4.69) is 30.6 Å². The summed E-state index contributed by atoms with van der Waals surface area (Å²) in [7, 11) is 0. The zero-order valence-electron chi connectivity index (χ0n) is 9.39. The summed E-state index contributed by atoms with van der Waals surface area (Å²) < 4.78 is 0. The third kappa shape index (κ3) is 5.11. The van der Waals surface area contributed by atoms with Gasteiger partial charge in [-0.1, -0.05) is 45.1 Å². The van der Waals surface area contributed by atoms with Gasteiger partial charge in [0.15, 0.2) is 0 Å². The molecule has 0 saturated heterocycles. The van der Waals surface area contributed by atoms with Crippen molar-refractivity contribution in [2.24, 2.45) is 0 Å². The molecule has 0 aromatic heterocycles. The molecule has 0 atom stereocenters. The number of hydrogen-bond acceptors (Lipinski definition) is 1. The zero-order valence-corrected chi connectivity index (χ0v) is 9.39. The van der Waals surface area contributed by atoms with Gasteiger partial charge in [0.25, 0.3) is 0 Å². The Labute approximate surface area is 88.3 Å².